The molecule has 0 radical (unpaired) electrons. The molecule has 100 valence electrons. The highest BCUT2D eigenvalue weighted by Gasteiger charge is 2.33. The zero-order chi connectivity index (χ0) is 12.1. The Morgan fingerprint density at radius 2 is 2.06 bits per heavy atom. The fourth-order valence-corrected chi connectivity index (χ4v) is 3.58. The molecule has 3 nitrogen and oxygen atoms in total. The van der Waals surface area contributed by atoms with Crippen LogP contribution in [0.25, 0.3) is 0 Å². The van der Waals surface area contributed by atoms with Crippen molar-refractivity contribution < 1.29 is 4.74 Å². The lowest BCUT2D eigenvalue weighted by Crippen LogP contribution is -2.42. The summed E-state index contributed by atoms with van der Waals surface area (Å²) in [5.74, 6) is 0.741. The van der Waals surface area contributed by atoms with Crippen LogP contribution in [0.2, 0.25) is 0 Å². The van der Waals surface area contributed by atoms with Crippen LogP contribution in [0.15, 0.2) is 0 Å². The van der Waals surface area contributed by atoms with E-state index in [1.807, 2.05) is 0 Å². The summed E-state index contributed by atoms with van der Waals surface area (Å²) < 4.78 is 5.55. The second-order valence-corrected chi connectivity index (χ2v) is 6.19. The Morgan fingerprint density at radius 1 is 1.29 bits per heavy atom. The summed E-state index contributed by atoms with van der Waals surface area (Å²) in [6.45, 7) is 5.15. The van der Waals surface area contributed by atoms with Crippen molar-refractivity contribution in [3.8, 4) is 0 Å². The van der Waals surface area contributed by atoms with Gasteiger partial charge in [0.1, 0.15) is 0 Å². The van der Waals surface area contributed by atoms with E-state index in [9.17, 15) is 0 Å². The Bertz CT molecular complexity index is 220. The summed E-state index contributed by atoms with van der Waals surface area (Å²) in [5.41, 5.74) is 6.42. The SMILES string of the molecule is CN(CC1CCCOC1)CC1(CN)CCCC1. The normalized spacial score (nSPS) is 28.8. The van der Waals surface area contributed by atoms with Crippen LogP contribution in [0.4, 0.5) is 0 Å². The van der Waals surface area contributed by atoms with Crippen molar-refractivity contribution in [1.82, 2.24) is 4.90 Å². The molecule has 1 saturated carbocycles. The highest BCUT2D eigenvalue weighted by Crippen LogP contribution is 2.37. The van der Waals surface area contributed by atoms with Crippen LogP contribution in [0.1, 0.15) is 38.5 Å². The van der Waals surface area contributed by atoms with E-state index in [-0.39, 0.29) is 0 Å². The second kappa shape index (κ2) is 6.17. The Kier molecular flexibility index (Phi) is 4.83. The molecular formula is C14H28N2O. The highest BCUT2D eigenvalue weighted by atomic mass is 16.5. The molecule has 1 aliphatic heterocycles. The predicted molar refractivity (Wildman–Crippen MR) is 71.0 cm³/mol. The van der Waals surface area contributed by atoms with E-state index < -0.39 is 0 Å². The lowest BCUT2D eigenvalue weighted by Gasteiger charge is -2.35. The fraction of sp³-hybridized carbons (Fsp3) is 1.00. The Balaban J connectivity index is 1.77. The van der Waals surface area contributed by atoms with Crippen LogP contribution in [0, 0.1) is 11.3 Å². The zero-order valence-corrected chi connectivity index (χ0v) is 11.3. The molecule has 17 heavy (non-hydrogen) atoms. The quantitative estimate of drug-likeness (QED) is 0.797. The molecule has 1 saturated heterocycles. The molecule has 0 bridgehead atoms. The van der Waals surface area contributed by atoms with Gasteiger partial charge in [-0.1, -0.05) is 12.8 Å². The lowest BCUT2D eigenvalue weighted by atomic mass is 9.85. The van der Waals surface area contributed by atoms with Crippen molar-refractivity contribution >= 4 is 0 Å². The van der Waals surface area contributed by atoms with Crippen LogP contribution in [0.5, 0.6) is 0 Å². The molecule has 3 heteroatoms. The summed E-state index contributed by atoms with van der Waals surface area (Å²) in [6.07, 6.45) is 7.97. The van der Waals surface area contributed by atoms with Crippen molar-refractivity contribution in [3.63, 3.8) is 0 Å². The van der Waals surface area contributed by atoms with E-state index in [2.05, 4.69) is 11.9 Å². The van der Waals surface area contributed by atoms with Gasteiger partial charge in [0, 0.05) is 19.7 Å². The third-order valence-corrected chi connectivity index (χ3v) is 4.53. The minimum Gasteiger partial charge on any atom is -0.381 e. The van der Waals surface area contributed by atoms with Gasteiger partial charge in [-0.2, -0.15) is 0 Å². The van der Waals surface area contributed by atoms with Gasteiger partial charge in [-0.05, 0) is 50.6 Å². The molecule has 0 aromatic carbocycles. The number of nitrogens with two attached hydrogens (primary N) is 1. The largest absolute Gasteiger partial charge is 0.381 e. The standard InChI is InChI=1S/C14H28N2O/c1-16(9-13-5-4-8-17-10-13)12-14(11-15)6-2-3-7-14/h13H,2-12,15H2,1H3. The molecule has 1 unspecified atom stereocenters. The summed E-state index contributed by atoms with van der Waals surface area (Å²) in [4.78, 5) is 2.50. The van der Waals surface area contributed by atoms with Gasteiger partial charge >= 0.3 is 0 Å². The smallest absolute Gasteiger partial charge is 0.0506 e. The van der Waals surface area contributed by atoms with Crippen molar-refractivity contribution in [1.29, 1.82) is 0 Å². The molecule has 0 spiro atoms. The number of hydrogen-bond donors (Lipinski definition) is 1. The first-order valence-corrected chi connectivity index (χ1v) is 7.20. The Morgan fingerprint density at radius 3 is 2.65 bits per heavy atom. The predicted octanol–water partition coefficient (Wildman–Crippen LogP) is 1.86. The van der Waals surface area contributed by atoms with E-state index in [4.69, 9.17) is 10.5 Å². The van der Waals surface area contributed by atoms with Crippen molar-refractivity contribution in [2.75, 3.05) is 39.9 Å². The molecule has 2 aliphatic rings. The third kappa shape index (κ3) is 3.67. The van der Waals surface area contributed by atoms with Crippen molar-refractivity contribution in [2.45, 2.75) is 38.5 Å². The lowest BCUT2D eigenvalue weighted by molar-refractivity contribution is 0.0361. The van der Waals surface area contributed by atoms with Crippen LogP contribution >= 0.6 is 0 Å². The second-order valence-electron chi connectivity index (χ2n) is 6.19. The van der Waals surface area contributed by atoms with Crippen LogP contribution in [0.3, 0.4) is 0 Å². The molecule has 1 heterocycles. The van der Waals surface area contributed by atoms with Gasteiger partial charge < -0.3 is 15.4 Å². The van der Waals surface area contributed by atoms with Crippen molar-refractivity contribution in [3.05, 3.63) is 0 Å². The van der Waals surface area contributed by atoms with Gasteiger partial charge in [0.25, 0.3) is 0 Å². The molecule has 0 amide bonds. The average Bonchev–Trinajstić information content (AvgIpc) is 2.79. The van der Waals surface area contributed by atoms with Crippen LogP contribution < -0.4 is 5.73 Å². The van der Waals surface area contributed by atoms with E-state index in [0.717, 1.165) is 25.7 Å². The molecule has 1 atom stereocenters. The summed E-state index contributed by atoms with van der Waals surface area (Å²) >= 11 is 0. The Labute approximate surface area is 106 Å². The molecule has 2 fully saturated rings. The number of hydrogen-bond acceptors (Lipinski definition) is 3. The topological polar surface area (TPSA) is 38.5 Å². The molecular weight excluding hydrogens is 212 g/mol. The monoisotopic (exact) mass is 240 g/mol. The van der Waals surface area contributed by atoms with Gasteiger partial charge in [-0.3, -0.25) is 0 Å². The molecule has 0 aromatic rings. The van der Waals surface area contributed by atoms with Crippen LogP contribution in [-0.4, -0.2) is 44.8 Å². The molecule has 0 aromatic heterocycles. The van der Waals surface area contributed by atoms with Crippen molar-refractivity contribution in [2.24, 2.45) is 17.1 Å². The molecule has 2 N–H and O–H groups in total. The Hall–Kier alpha value is -0.120. The van der Waals surface area contributed by atoms with E-state index in [0.29, 0.717) is 5.41 Å². The maximum atomic E-state index is 6.00. The zero-order valence-electron chi connectivity index (χ0n) is 11.3. The minimum absolute atomic E-state index is 0.421. The van der Waals surface area contributed by atoms with Gasteiger partial charge in [0.05, 0.1) is 6.61 Å². The number of rotatable bonds is 5. The third-order valence-electron chi connectivity index (χ3n) is 4.53. The van der Waals surface area contributed by atoms with E-state index >= 15 is 0 Å². The minimum atomic E-state index is 0.421. The molecule has 1 aliphatic carbocycles. The molecule has 2 rings (SSSR count). The first kappa shape index (κ1) is 13.3. The van der Waals surface area contributed by atoms with Gasteiger partial charge in [0.15, 0.2) is 0 Å². The highest BCUT2D eigenvalue weighted by molar-refractivity contribution is 4.88. The van der Waals surface area contributed by atoms with Crippen LogP contribution in [-0.2, 0) is 4.74 Å². The first-order chi connectivity index (χ1) is 8.24. The maximum absolute atomic E-state index is 6.00. The fourth-order valence-electron chi connectivity index (χ4n) is 3.58. The van der Waals surface area contributed by atoms with E-state index in [1.165, 1.54) is 51.6 Å². The summed E-state index contributed by atoms with van der Waals surface area (Å²) in [6, 6.07) is 0. The first-order valence-electron chi connectivity index (χ1n) is 7.20. The van der Waals surface area contributed by atoms with Gasteiger partial charge in [-0.15, -0.1) is 0 Å². The number of ether oxygens (including phenoxy) is 1. The summed E-state index contributed by atoms with van der Waals surface area (Å²) in [7, 11) is 2.25. The van der Waals surface area contributed by atoms with Gasteiger partial charge in [0.2, 0.25) is 0 Å². The van der Waals surface area contributed by atoms with Gasteiger partial charge in [-0.25, -0.2) is 0 Å². The number of nitrogens with zero attached hydrogens (tertiary/aromatic N) is 1. The maximum Gasteiger partial charge on any atom is 0.0506 e. The summed E-state index contributed by atoms with van der Waals surface area (Å²) in [5, 5.41) is 0. The van der Waals surface area contributed by atoms with E-state index in [1.54, 1.807) is 0 Å². The average molecular weight is 240 g/mol.